The van der Waals surface area contributed by atoms with Crippen molar-refractivity contribution in [2.75, 3.05) is 6.54 Å². The second-order valence-electron chi connectivity index (χ2n) is 2.15. The monoisotopic (exact) mass is 130 g/mol. The highest BCUT2D eigenvalue weighted by Crippen LogP contribution is 1.86. The van der Waals surface area contributed by atoms with E-state index in [2.05, 4.69) is 23.9 Å². The first-order valence-electron chi connectivity index (χ1n) is 2.91. The van der Waals surface area contributed by atoms with Crippen LogP contribution in [0.3, 0.4) is 0 Å². The van der Waals surface area contributed by atoms with E-state index in [-0.39, 0.29) is 0 Å². The highest BCUT2D eigenvalue weighted by molar-refractivity contribution is 5.37. The Balaban J connectivity index is 2.82. The van der Waals surface area contributed by atoms with Gasteiger partial charge in [0, 0.05) is 6.54 Å². The summed E-state index contributed by atoms with van der Waals surface area (Å²) in [4.78, 5) is 9.56. The molecule has 0 saturated carbocycles. The quantitative estimate of drug-likeness (QED) is 0.435. The minimum Gasteiger partial charge on any atom is -0.443 e. The molecular weight excluding hydrogens is 118 g/mol. The van der Waals surface area contributed by atoms with E-state index >= 15 is 0 Å². The van der Waals surface area contributed by atoms with E-state index in [9.17, 15) is 4.79 Å². The molecule has 0 amide bonds. The Morgan fingerprint density at radius 2 is 2.33 bits per heavy atom. The van der Waals surface area contributed by atoms with E-state index in [0.29, 0.717) is 12.4 Å². The van der Waals surface area contributed by atoms with E-state index < -0.39 is 0 Å². The predicted molar refractivity (Wildman–Crippen MR) is 34.3 cm³/mol. The SMILES string of the molecule is CC(C)CN[CH]OC=O. The third kappa shape index (κ3) is 7.43. The average Bonchev–Trinajstić information content (AvgIpc) is 1.80. The van der Waals surface area contributed by atoms with Crippen molar-refractivity contribution < 1.29 is 9.53 Å². The van der Waals surface area contributed by atoms with Gasteiger partial charge in [-0.2, -0.15) is 0 Å². The Morgan fingerprint density at radius 1 is 1.67 bits per heavy atom. The molecule has 0 heterocycles. The summed E-state index contributed by atoms with van der Waals surface area (Å²) < 4.78 is 4.27. The number of rotatable bonds is 5. The number of carbonyl (C=O) groups excluding carboxylic acids is 1. The summed E-state index contributed by atoms with van der Waals surface area (Å²) in [5.41, 5.74) is 0. The Labute approximate surface area is 55.4 Å². The van der Waals surface area contributed by atoms with Crippen molar-refractivity contribution in [3.63, 3.8) is 0 Å². The van der Waals surface area contributed by atoms with Crippen molar-refractivity contribution >= 4 is 6.47 Å². The Kier molecular flexibility index (Phi) is 5.21. The van der Waals surface area contributed by atoms with Gasteiger partial charge in [-0.25, -0.2) is 0 Å². The van der Waals surface area contributed by atoms with Crippen molar-refractivity contribution in [3.8, 4) is 0 Å². The zero-order chi connectivity index (χ0) is 7.11. The van der Waals surface area contributed by atoms with Gasteiger partial charge < -0.3 is 4.74 Å². The molecule has 1 N–H and O–H groups in total. The van der Waals surface area contributed by atoms with Crippen molar-refractivity contribution in [2.45, 2.75) is 13.8 Å². The number of hydrogen-bond donors (Lipinski definition) is 1. The third-order valence-corrected chi connectivity index (χ3v) is 0.733. The van der Waals surface area contributed by atoms with Crippen LogP contribution in [0.25, 0.3) is 0 Å². The maximum atomic E-state index is 9.56. The van der Waals surface area contributed by atoms with E-state index in [1.807, 2.05) is 0 Å². The highest BCUT2D eigenvalue weighted by atomic mass is 16.5. The van der Waals surface area contributed by atoms with Gasteiger partial charge in [0.05, 0.1) is 0 Å². The second-order valence-corrected chi connectivity index (χ2v) is 2.15. The zero-order valence-corrected chi connectivity index (χ0v) is 5.76. The van der Waals surface area contributed by atoms with Gasteiger partial charge in [-0.15, -0.1) is 0 Å². The van der Waals surface area contributed by atoms with Crippen LogP contribution in [0.4, 0.5) is 0 Å². The van der Waals surface area contributed by atoms with Crippen LogP contribution in [0.2, 0.25) is 0 Å². The van der Waals surface area contributed by atoms with E-state index in [1.54, 1.807) is 0 Å². The molecule has 3 nitrogen and oxygen atoms in total. The van der Waals surface area contributed by atoms with E-state index in [1.165, 1.54) is 6.73 Å². The summed E-state index contributed by atoms with van der Waals surface area (Å²) in [7, 11) is 0. The maximum Gasteiger partial charge on any atom is 0.294 e. The number of nitrogens with one attached hydrogen (secondary N) is 1. The topological polar surface area (TPSA) is 38.3 Å². The lowest BCUT2D eigenvalue weighted by molar-refractivity contribution is -0.126. The molecule has 0 aliphatic carbocycles. The number of ether oxygens (including phenoxy) is 1. The normalized spacial score (nSPS) is 9.67. The van der Waals surface area contributed by atoms with E-state index in [0.717, 1.165) is 6.54 Å². The first kappa shape index (κ1) is 8.43. The minimum absolute atomic E-state index is 0.382. The van der Waals surface area contributed by atoms with Crippen molar-refractivity contribution in [1.82, 2.24) is 5.32 Å². The van der Waals surface area contributed by atoms with Crippen molar-refractivity contribution in [2.24, 2.45) is 5.92 Å². The third-order valence-electron chi connectivity index (χ3n) is 0.733. The molecule has 0 aromatic carbocycles. The first-order valence-corrected chi connectivity index (χ1v) is 2.91. The summed E-state index contributed by atoms with van der Waals surface area (Å²) in [5.74, 6) is 0.566. The Morgan fingerprint density at radius 3 is 2.78 bits per heavy atom. The number of carbonyl (C=O) groups is 1. The van der Waals surface area contributed by atoms with Crippen molar-refractivity contribution in [3.05, 3.63) is 6.73 Å². The van der Waals surface area contributed by atoms with Gasteiger partial charge in [0.25, 0.3) is 6.47 Å². The summed E-state index contributed by atoms with van der Waals surface area (Å²) in [5, 5.41) is 2.81. The van der Waals surface area contributed by atoms with Crippen LogP contribution in [0.1, 0.15) is 13.8 Å². The van der Waals surface area contributed by atoms with Crippen LogP contribution in [-0.4, -0.2) is 13.0 Å². The molecule has 0 rings (SSSR count). The maximum absolute atomic E-state index is 9.56. The highest BCUT2D eigenvalue weighted by Gasteiger charge is 1.90. The van der Waals surface area contributed by atoms with Gasteiger partial charge in [0.1, 0.15) is 0 Å². The van der Waals surface area contributed by atoms with Gasteiger partial charge in [0.2, 0.25) is 6.73 Å². The standard InChI is InChI=1S/C6H12NO2/c1-6(2)3-7-4-9-5-8/h4-7H,3H2,1-2H3. The zero-order valence-electron chi connectivity index (χ0n) is 5.76. The van der Waals surface area contributed by atoms with Crippen molar-refractivity contribution in [1.29, 1.82) is 0 Å². The molecule has 0 bridgehead atoms. The van der Waals surface area contributed by atoms with Crippen LogP contribution in [0.5, 0.6) is 0 Å². The number of hydrogen-bond acceptors (Lipinski definition) is 3. The molecule has 53 valence electrons. The molecule has 0 saturated heterocycles. The van der Waals surface area contributed by atoms with Gasteiger partial charge in [0.15, 0.2) is 0 Å². The molecule has 0 aliphatic heterocycles. The molecule has 0 spiro atoms. The molecule has 0 aromatic heterocycles. The van der Waals surface area contributed by atoms with Crippen LogP contribution < -0.4 is 5.32 Å². The molecular formula is C6H12NO2. The van der Waals surface area contributed by atoms with Gasteiger partial charge in [-0.3, -0.25) is 10.1 Å². The largest absolute Gasteiger partial charge is 0.443 e. The molecule has 1 radical (unpaired) electrons. The molecule has 0 unspecified atom stereocenters. The first-order chi connectivity index (χ1) is 4.27. The summed E-state index contributed by atoms with van der Waals surface area (Å²) in [6.45, 7) is 6.64. The Bertz CT molecular complexity index is 73.5. The predicted octanol–water partition coefficient (Wildman–Crippen LogP) is 0.524. The van der Waals surface area contributed by atoms with Crippen LogP contribution in [-0.2, 0) is 9.53 Å². The van der Waals surface area contributed by atoms with E-state index in [4.69, 9.17) is 0 Å². The second kappa shape index (κ2) is 5.56. The lowest BCUT2D eigenvalue weighted by Crippen LogP contribution is -2.17. The minimum atomic E-state index is 0.382. The molecule has 3 heteroatoms. The molecule has 0 atom stereocenters. The van der Waals surface area contributed by atoms with Crippen LogP contribution >= 0.6 is 0 Å². The molecule has 9 heavy (non-hydrogen) atoms. The van der Waals surface area contributed by atoms with Crippen LogP contribution in [0, 0.1) is 12.6 Å². The Hall–Kier alpha value is -0.570. The fourth-order valence-electron chi connectivity index (χ4n) is 0.360. The fourth-order valence-corrected chi connectivity index (χ4v) is 0.360. The summed E-state index contributed by atoms with van der Waals surface area (Å²) in [6, 6.07) is 0. The molecule has 0 aliphatic rings. The smallest absolute Gasteiger partial charge is 0.294 e. The fraction of sp³-hybridized carbons (Fsp3) is 0.667. The van der Waals surface area contributed by atoms with Gasteiger partial charge >= 0.3 is 0 Å². The molecule has 0 fully saturated rings. The lowest BCUT2D eigenvalue weighted by Gasteiger charge is -2.03. The molecule has 0 aromatic rings. The lowest BCUT2D eigenvalue weighted by atomic mass is 10.2. The van der Waals surface area contributed by atoms with Crippen LogP contribution in [0.15, 0.2) is 0 Å². The van der Waals surface area contributed by atoms with Gasteiger partial charge in [-0.05, 0) is 5.92 Å². The van der Waals surface area contributed by atoms with Gasteiger partial charge in [-0.1, -0.05) is 13.8 Å². The summed E-state index contributed by atoms with van der Waals surface area (Å²) >= 11 is 0. The summed E-state index contributed by atoms with van der Waals surface area (Å²) in [6.07, 6.45) is 0. The average molecular weight is 130 g/mol.